The van der Waals surface area contributed by atoms with Crippen LogP contribution < -0.4 is 10.5 Å². The Morgan fingerprint density at radius 3 is 2.89 bits per heavy atom. The first-order chi connectivity index (χ1) is 9.06. The molecule has 0 saturated carbocycles. The Labute approximate surface area is 112 Å². The number of carbonyl (C=O) groups excluding carboxylic acids is 1. The van der Waals surface area contributed by atoms with Gasteiger partial charge in [0.1, 0.15) is 11.8 Å². The molecule has 100 valence electrons. The van der Waals surface area contributed by atoms with Crippen LogP contribution in [0.15, 0.2) is 36.5 Å². The lowest BCUT2D eigenvalue weighted by atomic mass is 10.1. The summed E-state index contributed by atoms with van der Waals surface area (Å²) < 4.78 is 5.29. The van der Waals surface area contributed by atoms with Gasteiger partial charge in [-0.25, -0.2) is 4.79 Å². The van der Waals surface area contributed by atoms with E-state index in [1.807, 2.05) is 32.0 Å². The Morgan fingerprint density at radius 1 is 1.37 bits per heavy atom. The molecule has 0 saturated heterocycles. The van der Waals surface area contributed by atoms with Crippen molar-refractivity contribution in [1.29, 1.82) is 0 Å². The molecule has 2 rings (SSSR count). The van der Waals surface area contributed by atoms with Gasteiger partial charge >= 0.3 is 5.97 Å². The van der Waals surface area contributed by atoms with E-state index in [2.05, 4.69) is 4.98 Å². The highest BCUT2D eigenvalue weighted by molar-refractivity contribution is 5.82. The SMILES string of the molecule is CC(C)CC(N)C(=O)Oc1ccc2ncccc2c1. The van der Waals surface area contributed by atoms with E-state index < -0.39 is 12.0 Å². The number of aromatic nitrogens is 1. The fraction of sp³-hybridized carbons (Fsp3) is 0.333. The zero-order chi connectivity index (χ0) is 13.8. The number of nitrogens with zero attached hydrogens (tertiary/aromatic N) is 1. The number of fused-ring (bicyclic) bond motifs is 1. The molecule has 2 N–H and O–H groups in total. The molecule has 1 unspecified atom stereocenters. The van der Waals surface area contributed by atoms with Gasteiger partial charge in [0.05, 0.1) is 5.52 Å². The minimum atomic E-state index is -0.579. The highest BCUT2D eigenvalue weighted by Crippen LogP contribution is 2.19. The van der Waals surface area contributed by atoms with Gasteiger partial charge in [-0.1, -0.05) is 19.9 Å². The number of ether oxygens (including phenoxy) is 1. The lowest BCUT2D eigenvalue weighted by Crippen LogP contribution is -2.35. The Kier molecular flexibility index (Phi) is 4.12. The third-order valence-electron chi connectivity index (χ3n) is 2.82. The van der Waals surface area contributed by atoms with E-state index in [4.69, 9.17) is 10.5 Å². The second-order valence-electron chi connectivity index (χ2n) is 5.02. The number of benzene rings is 1. The molecule has 1 aromatic carbocycles. The molecular formula is C15H18N2O2. The number of esters is 1. The summed E-state index contributed by atoms with van der Waals surface area (Å²) in [6, 6.07) is 8.54. The highest BCUT2D eigenvalue weighted by atomic mass is 16.5. The topological polar surface area (TPSA) is 65.2 Å². The van der Waals surface area contributed by atoms with E-state index in [0.29, 0.717) is 18.1 Å². The van der Waals surface area contributed by atoms with Crippen molar-refractivity contribution in [1.82, 2.24) is 4.98 Å². The predicted molar refractivity (Wildman–Crippen MR) is 74.8 cm³/mol. The minimum absolute atomic E-state index is 0.364. The standard InChI is InChI=1S/C15H18N2O2/c1-10(2)8-13(16)15(18)19-12-5-6-14-11(9-12)4-3-7-17-14/h3-7,9-10,13H,8,16H2,1-2H3. The molecule has 0 radical (unpaired) electrons. The Bertz CT molecular complexity index is 581. The van der Waals surface area contributed by atoms with Crippen LogP contribution in [0.25, 0.3) is 10.9 Å². The Morgan fingerprint density at radius 2 is 2.16 bits per heavy atom. The van der Waals surface area contributed by atoms with Gasteiger partial charge in [0.2, 0.25) is 0 Å². The van der Waals surface area contributed by atoms with Crippen LogP contribution in [0.3, 0.4) is 0 Å². The minimum Gasteiger partial charge on any atom is -0.425 e. The van der Waals surface area contributed by atoms with Crippen LogP contribution in [0.5, 0.6) is 5.75 Å². The Hall–Kier alpha value is -1.94. The van der Waals surface area contributed by atoms with E-state index in [0.717, 1.165) is 10.9 Å². The lowest BCUT2D eigenvalue weighted by Gasteiger charge is -2.13. The fourth-order valence-electron chi connectivity index (χ4n) is 1.91. The van der Waals surface area contributed by atoms with Crippen molar-refractivity contribution in [3.05, 3.63) is 36.5 Å². The number of carbonyl (C=O) groups is 1. The van der Waals surface area contributed by atoms with Crippen molar-refractivity contribution in [3.8, 4) is 5.75 Å². The molecule has 4 heteroatoms. The van der Waals surface area contributed by atoms with E-state index in [1.54, 1.807) is 18.3 Å². The smallest absolute Gasteiger partial charge is 0.328 e. The molecule has 0 aliphatic rings. The molecule has 0 fully saturated rings. The fourth-order valence-corrected chi connectivity index (χ4v) is 1.91. The molecule has 19 heavy (non-hydrogen) atoms. The van der Waals surface area contributed by atoms with Crippen LogP contribution in [0, 0.1) is 5.92 Å². The summed E-state index contributed by atoms with van der Waals surface area (Å²) in [5, 5.41) is 0.935. The van der Waals surface area contributed by atoms with Crippen LogP contribution in [0.1, 0.15) is 20.3 Å². The second kappa shape index (κ2) is 5.80. The number of rotatable bonds is 4. The average Bonchev–Trinajstić information content (AvgIpc) is 2.37. The summed E-state index contributed by atoms with van der Waals surface area (Å²) >= 11 is 0. The Balaban J connectivity index is 2.10. The first-order valence-corrected chi connectivity index (χ1v) is 6.38. The molecule has 0 spiro atoms. The predicted octanol–water partition coefficient (Wildman–Crippen LogP) is 2.51. The molecule has 0 aliphatic heterocycles. The number of hydrogen-bond donors (Lipinski definition) is 1. The van der Waals surface area contributed by atoms with Crippen LogP contribution >= 0.6 is 0 Å². The molecule has 1 atom stereocenters. The molecule has 1 heterocycles. The van der Waals surface area contributed by atoms with Crippen LogP contribution in [-0.2, 0) is 4.79 Å². The molecule has 0 amide bonds. The summed E-state index contributed by atoms with van der Waals surface area (Å²) in [6.07, 6.45) is 2.35. The monoisotopic (exact) mass is 258 g/mol. The first kappa shape index (κ1) is 13.5. The second-order valence-corrected chi connectivity index (χ2v) is 5.02. The molecule has 1 aromatic heterocycles. The molecular weight excluding hydrogens is 240 g/mol. The lowest BCUT2D eigenvalue weighted by molar-refractivity contribution is -0.136. The molecule has 2 aromatic rings. The van der Waals surface area contributed by atoms with Gasteiger partial charge in [0.25, 0.3) is 0 Å². The van der Waals surface area contributed by atoms with Gasteiger partial charge in [0.15, 0.2) is 0 Å². The van der Waals surface area contributed by atoms with Crippen molar-refractivity contribution in [2.75, 3.05) is 0 Å². The normalized spacial score (nSPS) is 12.6. The van der Waals surface area contributed by atoms with E-state index in [1.165, 1.54) is 0 Å². The third-order valence-corrected chi connectivity index (χ3v) is 2.82. The highest BCUT2D eigenvalue weighted by Gasteiger charge is 2.17. The van der Waals surface area contributed by atoms with Crippen molar-refractivity contribution >= 4 is 16.9 Å². The summed E-state index contributed by atoms with van der Waals surface area (Å²) in [7, 11) is 0. The van der Waals surface area contributed by atoms with Crippen molar-refractivity contribution in [2.45, 2.75) is 26.3 Å². The molecule has 4 nitrogen and oxygen atoms in total. The van der Waals surface area contributed by atoms with Gasteiger partial charge in [-0.15, -0.1) is 0 Å². The van der Waals surface area contributed by atoms with Crippen molar-refractivity contribution < 1.29 is 9.53 Å². The quantitative estimate of drug-likeness (QED) is 0.676. The van der Waals surface area contributed by atoms with Gasteiger partial charge in [-0.05, 0) is 36.6 Å². The summed E-state index contributed by atoms with van der Waals surface area (Å²) in [5.41, 5.74) is 6.66. The van der Waals surface area contributed by atoms with E-state index in [-0.39, 0.29) is 0 Å². The van der Waals surface area contributed by atoms with Crippen LogP contribution in [0.4, 0.5) is 0 Å². The maximum absolute atomic E-state index is 11.8. The molecule has 0 bridgehead atoms. The van der Waals surface area contributed by atoms with Crippen LogP contribution in [-0.4, -0.2) is 17.0 Å². The van der Waals surface area contributed by atoms with Crippen molar-refractivity contribution in [2.24, 2.45) is 11.7 Å². The number of nitrogens with two attached hydrogens (primary N) is 1. The average molecular weight is 258 g/mol. The third kappa shape index (κ3) is 3.51. The maximum Gasteiger partial charge on any atom is 0.328 e. The number of pyridine rings is 1. The maximum atomic E-state index is 11.8. The van der Waals surface area contributed by atoms with Crippen molar-refractivity contribution in [3.63, 3.8) is 0 Å². The van der Waals surface area contributed by atoms with Gasteiger partial charge in [-0.2, -0.15) is 0 Å². The van der Waals surface area contributed by atoms with Gasteiger partial charge in [0, 0.05) is 11.6 Å². The number of hydrogen-bond acceptors (Lipinski definition) is 4. The first-order valence-electron chi connectivity index (χ1n) is 6.38. The van der Waals surface area contributed by atoms with Crippen LogP contribution in [0.2, 0.25) is 0 Å². The zero-order valence-corrected chi connectivity index (χ0v) is 11.2. The summed E-state index contributed by atoms with van der Waals surface area (Å²) in [6.45, 7) is 4.05. The summed E-state index contributed by atoms with van der Waals surface area (Å²) in [4.78, 5) is 16.0. The summed E-state index contributed by atoms with van der Waals surface area (Å²) in [5.74, 6) is 0.477. The largest absolute Gasteiger partial charge is 0.425 e. The van der Waals surface area contributed by atoms with Gasteiger partial charge in [-0.3, -0.25) is 4.98 Å². The molecule has 0 aliphatic carbocycles. The van der Waals surface area contributed by atoms with E-state index in [9.17, 15) is 4.79 Å². The van der Waals surface area contributed by atoms with Gasteiger partial charge < -0.3 is 10.5 Å². The van der Waals surface area contributed by atoms with E-state index >= 15 is 0 Å². The zero-order valence-electron chi connectivity index (χ0n) is 11.2.